The molecule has 20 heavy (non-hydrogen) atoms. The highest BCUT2D eigenvalue weighted by Gasteiger charge is 2.26. The quantitative estimate of drug-likeness (QED) is 0.638. The van der Waals surface area contributed by atoms with E-state index in [2.05, 4.69) is 5.32 Å². The molecule has 0 radical (unpaired) electrons. The average Bonchev–Trinajstić information content (AvgIpc) is 2.49. The van der Waals surface area contributed by atoms with Crippen molar-refractivity contribution in [3.05, 3.63) is 23.8 Å². The van der Waals surface area contributed by atoms with Gasteiger partial charge in [0, 0.05) is 13.7 Å². The van der Waals surface area contributed by atoms with E-state index in [-0.39, 0.29) is 12.1 Å². The normalized spacial score (nSPS) is 22.3. The predicted molar refractivity (Wildman–Crippen MR) is 75.8 cm³/mol. The van der Waals surface area contributed by atoms with Gasteiger partial charge in [-0.1, -0.05) is 0 Å². The molecule has 1 aliphatic heterocycles. The third-order valence-electron chi connectivity index (χ3n) is 3.41. The van der Waals surface area contributed by atoms with Crippen molar-refractivity contribution in [2.24, 2.45) is 0 Å². The Morgan fingerprint density at radius 3 is 2.95 bits per heavy atom. The molecule has 1 aromatic carbocycles. The zero-order valence-electron chi connectivity index (χ0n) is 11.7. The van der Waals surface area contributed by atoms with Gasteiger partial charge < -0.3 is 25.3 Å². The van der Waals surface area contributed by atoms with Crippen molar-refractivity contribution in [2.45, 2.75) is 18.6 Å². The van der Waals surface area contributed by atoms with Crippen molar-refractivity contribution >= 4 is 17.3 Å². The molecule has 0 bridgehead atoms. The summed E-state index contributed by atoms with van der Waals surface area (Å²) in [5, 5.41) is 3.29. The summed E-state index contributed by atoms with van der Waals surface area (Å²) in [5.41, 5.74) is 7.65. The summed E-state index contributed by atoms with van der Waals surface area (Å²) in [6, 6.07) is 5.00. The van der Waals surface area contributed by atoms with Crippen molar-refractivity contribution in [2.75, 3.05) is 38.5 Å². The van der Waals surface area contributed by atoms with Gasteiger partial charge in [0.25, 0.3) is 0 Å². The number of carbonyl (C=O) groups excluding carboxylic acids is 1. The Hall–Kier alpha value is -1.79. The van der Waals surface area contributed by atoms with E-state index < -0.39 is 5.97 Å². The highest BCUT2D eigenvalue weighted by Crippen LogP contribution is 2.24. The zero-order chi connectivity index (χ0) is 14.5. The molecule has 2 unspecified atom stereocenters. The Bertz CT molecular complexity index is 478. The van der Waals surface area contributed by atoms with Crippen molar-refractivity contribution in [3.63, 3.8) is 0 Å². The molecule has 1 heterocycles. The second kappa shape index (κ2) is 6.58. The minimum absolute atomic E-state index is 0.00365. The van der Waals surface area contributed by atoms with Crippen LogP contribution in [-0.2, 0) is 14.2 Å². The maximum atomic E-state index is 11.5. The standard InChI is InChI=1S/C14H20N2O4/c1-18-13-5-6-20-8-12(13)16-11-7-9(14(17)19-2)3-4-10(11)15/h3-4,7,12-13,16H,5-6,8,15H2,1-2H3. The van der Waals surface area contributed by atoms with Crippen LogP contribution in [-0.4, -0.2) is 45.5 Å². The van der Waals surface area contributed by atoms with Gasteiger partial charge >= 0.3 is 5.97 Å². The van der Waals surface area contributed by atoms with E-state index >= 15 is 0 Å². The second-order valence-electron chi connectivity index (χ2n) is 4.68. The average molecular weight is 280 g/mol. The van der Waals surface area contributed by atoms with Gasteiger partial charge in [-0.05, 0) is 24.6 Å². The summed E-state index contributed by atoms with van der Waals surface area (Å²) in [6.07, 6.45) is 0.884. The summed E-state index contributed by atoms with van der Waals surface area (Å²) in [6.45, 7) is 1.23. The molecule has 1 saturated heterocycles. The number of esters is 1. The molecule has 0 aliphatic carbocycles. The van der Waals surface area contributed by atoms with Crippen molar-refractivity contribution in [3.8, 4) is 0 Å². The number of nitrogens with two attached hydrogens (primary N) is 1. The fraction of sp³-hybridized carbons (Fsp3) is 0.500. The van der Waals surface area contributed by atoms with E-state index in [0.717, 1.165) is 6.42 Å². The Morgan fingerprint density at radius 2 is 2.25 bits per heavy atom. The first-order valence-electron chi connectivity index (χ1n) is 6.50. The highest BCUT2D eigenvalue weighted by atomic mass is 16.5. The van der Waals surface area contributed by atoms with Crippen LogP contribution in [0.3, 0.4) is 0 Å². The molecule has 0 aromatic heterocycles. The number of hydrogen-bond acceptors (Lipinski definition) is 6. The van der Waals surface area contributed by atoms with Gasteiger partial charge in [-0.3, -0.25) is 0 Å². The lowest BCUT2D eigenvalue weighted by molar-refractivity contribution is -0.0199. The van der Waals surface area contributed by atoms with Crippen LogP contribution in [0.15, 0.2) is 18.2 Å². The molecule has 1 aliphatic rings. The number of nitrogens with one attached hydrogen (secondary N) is 1. The Kier molecular flexibility index (Phi) is 4.81. The fourth-order valence-electron chi connectivity index (χ4n) is 2.26. The first-order chi connectivity index (χ1) is 9.65. The lowest BCUT2D eigenvalue weighted by atomic mass is 10.1. The van der Waals surface area contributed by atoms with Gasteiger partial charge in [-0.25, -0.2) is 4.79 Å². The first-order valence-corrected chi connectivity index (χ1v) is 6.50. The van der Waals surface area contributed by atoms with Crippen LogP contribution >= 0.6 is 0 Å². The van der Waals surface area contributed by atoms with Crippen LogP contribution in [0, 0.1) is 0 Å². The van der Waals surface area contributed by atoms with Gasteiger partial charge in [0.1, 0.15) is 0 Å². The highest BCUT2D eigenvalue weighted by molar-refractivity contribution is 5.92. The van der Waals surface area contributed by atoms with Gasteiger partial charge in [-0.15, -0.1) is 0 Å². The van der Waals surface area contributed by atoms with E-state index in [1.807, 2.05) is 0 Å². The Labute approximate surface area is 118 Å². The molecule has 2 atom stereocenters. The minimum atomic E-state index is -0.392. The largest absolute Gasteiger partial charge is 0.465 e. The molecule has 0 spiro atoms. The summed E-state index contributed by atoms with van der Waals surface area (Å²) < 4.78 is 15.6. The van der Waals surface area contributed by atoms with E-state index in [4.69, 9.17) is 19.9 Å². The predicted octanol–water partition coefficient (Wildman–Crippen LogP) is 1.27. The molecule has 6 heteroatoms. The third-order valence-corrected chi connectivity index (χ3v) is 3.41. The fourth-order valence-corrected chi connectivity index (χ4v) is 2.26. The SMILES string of the molecule is COC(=O)c1ccc(N)c(NC2COCCC2OC)c1. The maximum absolute atomic E-state index is 11.5. The summed E-state index contributed by atoms with van der Waals surface area (Å²) in [4.78, 5) is 11.5. The number of anilines is 2. The lowest BCUT2D eigenvalue weighted by Gasteiger charge is -2.32. The maximum Gasteiger partial charge on any atom is 0.337 e. The molecule has 1 fully saturated rings. The Morgan fingerprint density at radius 1 is 1.45 bits per heavy atom. The molecule has 2 rings (SSSR count). The zero-order valence-corrected chi connectivity index (χ0v) is 11.7. The van der Waals surface area contributed by atoms with Gasteiger partial charge in [-0.2, -0.15) is 0 Å². The lowest BCUT2D eigenvalue weighted by Crippen LogP contribution is -2.43. The summed E-state index contributed by atoms with van der Waals surface area (Å²) in [7, 11) is 3.03. The molecule has 3 N–H and O–H groups in total. The Balaban J connectivity index is 2.17. The van der Waals surface area contributed by atoms with E-state index in [9.17, 15) is 4.79 Å². The van der Waals surface area contributed by atoms with Crippen molar-refractivity contribution in [1.29, 1.82) is 0 Å². The van der Waals surface area contributed by atoms with E-state index in [1.54, 1.807) is 25.3 Å². The van der Waals surface area contributed by atoms with Crippen LogP contribution in [0.1, 0.15) is 16.8 Å². The third kappa shape index (κ3) is 3.20. The summed E-state index contributed by atoms with van der Waals surface area (Å²) >= 11 is 0. The minimum Gasteiger partial charge on any atom is -0.465 e. The smallest absolute Gasteiger partial charge is 0.337 e. The van der Waals surface area contributed by atoms with Crippen LogP contribution in [0.4, 0.5) is 11.4 Å². The van der Waals surface area contributed by atoms with Gasteiger partial charge in [0.05, 0.1) is 42.8 Å². The molecule has 0 amide bonds. The van der Waals surface area contributed by atoms with E-state index in [0.29, 0.717) is 30.2 Å². The van der Waals surface area contributed by atoms with Crippen LogP contribution in [0.25, 0.3) is 0 Å². The number of benzene rings is 1. The molecule has 110 valence electrons. The molecule has 1 aromatic rings. The second-order valence-corrected chi connectivity index (χ2v) is 4.68. The molecule has 6 nitrogen and oxygen atoms in total. The van der Waals surface area contributed by atoms with Crippen molar-refractivity contribution in [1.82, 2.24) is 0 Å². The van der Waals surface area contributed by atoms with Crippen LogP contribution in [0.5, 0.6) is 0 Å². The molecular weight excluding hydrogens is 260 g/mol. The van der Waals surface area contributed by atoms with Crippen molar-refractivity contribution < 1.29 is 19.0 Å². The van der Waals surface area contributed by atoms with E-state index in [1.165, 1.54) is 7.11 Å². The molecule has 0 saturated carbocycles. The number of nitrogen functional groups attached to an aromatic ring is 1. The van der Waals surface area contributed by atoms with Gasteiger partial charge in [0.15, 0.2) is 0 Å². The monoisotopic (exact) mass is 280 g/mol. The van der Waals surface area contributed by atoms with Crippen LogP contribution < -0.4 is 11.1 Å². The number of hydrogen-bond donors (Lipinski definition) is 2. The number of rotatable bonds is 4. The topological polar surface area (TPSA) is 82.8 Å². The van der Waals surface area contributed by atoms with Gasteiger partial charge in [0.2, 0.25) is 0 Å². The first kappa shape index (κ1) is 14.6. The van der Waals surface area contributed by atoms with Crippen LogP contribution in [0.2, 0.25) is 0 Å². The summed E-state index contributed by atoms with van der Waals surface area (Å²) in [5.74, 6) is -0.392. The number of carbonyl (C=O) groups is 1. The molecular formula is C14H20N2O4. The number of ether oxygens (including phenoxy) is 3. The number of methoxy groups -OCH3 is 2.